The van der Waals surface area contributed by atoms with Crippen molar-refractivity contribution >= 4 is 18.4 Å². The number of benzene rings is 2. The van der Waals surface area contributed by atoms with Crippen LogP contribution in [0.1, 0.15) is 20.8 Å². The molecule has 0 nitrogen and oxygen atoms in total. The van der Waals surface area contributed by atoms with Gasteiger partial charge < -0.3 is 0 Å². The Balaban J connectivity index is 2.61. The van der Waals surface area contributed by atoms with Gasteiger partial charge in [-0.05, 0) is 5.54 Å². The van der Waals surface area contributed by atoms with Gasteiger partial charge in [0, 0.05) is 0 Å². The lowest BCUT2D eigenvalue weighted by Crippen LogP contribution is -2.59. The van der Waals surface area contributed by atoms with Crippen LogP contribution in [0, 0.1) is 0 Å². The van der Waals surface area contributed by atoms with Crippen molar-refractivity contribution in [2.45, 2.75) is 32.4 Å². The summed E-state index contributed by atoms with van der Waals surface area (Å²) in [5.74, 6) is 0. The molecular weight excluding hydrogens is 232 g/mol. The topological polar surface area (TPSA) is 0 Å². The Kier molecular flexibility index (Phi) is 4.03. The average Bonchev–Trinajstić information content (AvgIpc) is 2.42. The highest BCUT2D eigenvalue weighted by molar-refractivity contribution is 7.03. The highest BCUT2D eigenvalue weighted by Crippen LogP contribution is 2.24. The third-order valence-corrected chi connectivity index (χ3v) is 9.93. The van der Waals surface area contributed by atoms with Crippen molar-refractivity contribution < 1.29 is 0 Å². The Morgan fingerprint density at radius 2 is 1.17 bits per heavy atom. The summed E-state index contributed by atoms with van der Waals surface area (Å²) < 4.78 is 0. The molecule has 0 aliphatic heterocycles. The molecule has 0 heterocycles. The molecule has 0 saturated heterocycles. The number of rotatable bonds is 4. The third kappa shape index (κ3) is 2.15. The first-order valence-corrected chi connectivity index (χ1v) is 9.11. The molecule has 18 heavy (non-hydrogen) atoms. The summed E-state index contributed by atoms with van der Waals surface area (Å²) >= 11 is 0. The zero-order chi connectivity index (χ0) is 13.0. The molecule has 0 aliphatic rings. The van der Waals surface area contributed by atoms with Crippen molar-refractivity contribution in [3.63, 3.8) is 0 Å². The minimum atomic E-state index is -1.60. The fourth-order valence-corrected chi connectivity index (χ4v) is 8.00. The van der Waals surface area contributed by atoms with Crippen molar-refractivity contribution in [3.8, 4) is 0 Å². The summed E-state index contributed by atoms with van der Waals surface area (Å²) in [6.07, 6.45) is 0. The second-order valence-corrected chi connectivity index (χ2v) is 10.2. The molecule has 0 aliphatic carbocycles. The smallest absolute Gasteiger partial charge is 0.0672 e. The molecule has 0 N–H and O–H groups in total. The van der Waals surface area contributed by atoms with E-state index in [9.17, 15) is 0 Å². The van der Waals surface area contributed by atoms with Gasteiger partial charge in [-0.15, -0.1) is 0 Å². The summed E-state index contributed by atoms with van der Waals surface area (Å²) in [7, 11) is -1.60. The van der Waals surface area contributed by atoms with Gasteiger partial charge in [0.25, 0.3) is 0 Å². The minimum absolute atomic E-state index is 0.715. The Hall–Kier alpha value is -1.34. The van der Waals surface area contributed by atoms with E-state index in [1.807, 2.05) is 0 Å². The average molecular weight is 254 g/mol. The maximum Gasteiger partial charge on any atom is 0.120 e. The van der Waals surface area contributed by atoms with Crippen molar-refractivity contribution in [1.82, 2.24) is 0 Å². The fraction of sp³-hybridized carbons (Fsp3) is 0.294. The van der Waals surface area contributed by atoms with E-state index in [0.717, 1.165) is 0 Å². The molecule has 0 atom stereocenters. The Morgan fingerprint density at radius 3 is 1.44 bits per heavy atom. The minimum Gasteiger partial charge on any atom is -0.0672 e. The van der Waals surface area contributed by atoms with E-state index in [2.05, 4.69) is 81.4 Å². The van der Waals surface area contributed by atoms with Crippen LogP contribution >= 0.6 is 0 Å². The zero-order valence-corrected chi connectivity index (χ0v) is 12.6. The molecule has 0 spiro atoms. The lowest BCUT2D eigenvalue weighted by molar-refractivity contribution is 1.01. The second kappa shape index (κ2) is 5.53. The summed E-state index contributed by atoms with van der Waals surface area (Å²) in [4.78, 5) is 0. The van der Waals surface area contributed by atoms with Crippen LogP contribution in [0.3, 0.4) is 0 Å². The van der Waals surface area contributed by atoms with Gasteiger partial charge in [-0.3, -0.25) is 0 Å². The summed E-state index contributed by atoms with van der Waals surface area (Å²) in [6, 6.07) is 23.5. The van der Waals surface area contributed by atoms with E-state index in [1.54, 1.807) is 10.4 Å². The van der Waals surface area contributed by atoms with Gasteiger partial charge in [0.05, 0.1) is 0 Å². The predicted molar refractivity (Wildman–Crippen MR) is 83.5 cm³/mol. The Morgan fingerprint density at radius 1 is 0.778 bits per heavy atom. The first-order chi connectivity index (χ1) is 8.71. The molecule has 0 bridgehead atoms. The normalized spacial score (nSPS) is 11.8. The first-order valence-electron chi connectivity index (χ1n) is 6.83. The van der Waals surface area contributed by atoms with Crippen LogP contribution in [0.25, 0.3) is 0 Å². The zero-order valence-electron chi connectivity index (χ0n) is 11.6. The molecule has 94 valence electrons. The third-order valence-electron chi connectivity index (χ3n) is 4.12. The molecule has 0 saturated carbocycles. The van der Waals surface area contributed by atoms with Gasteiger partial charge in [-0.1, -0.05) is 97.9 Å². The molecule has 1 heteroatoms. The van der Waals surface area contributed by atoms with Gasteiger partial charge in [-0.25, -0.2) is 0 Å². The quantitative estimate of drug-likeness (QED) is 0.730. The van der Waals surface area contributed by atoms with Crippen molar-refractivity contribution in [1.29, 1.82) is 0 Å². The molecule has 0 unspecified atom stereocenters. The SMILES string of the molecule is CC[Si](c1ccccc1)(c1ccccc1)C(C)C. The van der Waals surface area contributed by atoms with Gasteiger partial charge in [-0.2, -0.15) is 0 Å². The molecule has 0 fully saturated rings. The lowest BCUT2D eigenvalue weighted by atomic mass is 10.4. The second-order valence-electron chi connectivity index (χ2n) is 5.21. The lowest BCUT2D eigenvalue weighted by Gasteiger charge is -2.36. The van der Waals surface area contributed by atoms with Crippen molar-refractivity contribution in [2.75, 3.05) is 0 Å². The van der Waals surface area contributed by atoms with Crippen LogP contribution in [-0.4, -0.2) is 8.07 Å². The predicted octanol–water partition coefficient (Wildman–Crippen LogP) is 3.68. The van der Waals surface area contributed by atoms with Crippen molar-refractivity contribution in [3.05, 3.63) is 60.7 Å². The standard InChI is InChI=1S/C17H22Si/c1-4-18(15(2)3,16-11-7-5-8-12-16)17-13-9-6-10-14-17/h5-15H,4H2,1-3H3. The fourth-order valence-electron chi connectivity index (χ4n) is 3.12. The van der Waals surface area contributed by atoms with Crippen LogP contribution < -0.4 is 10.4 Å². The van der Waals surface area contributed by atoms with E-state index in [4.69, 9.17) is 0 Å². The van der Waals surface area contributed by atoms with E-state index in [-0.39, 0.29) is 0 Å². The monoisotopic (exact) mass is 254 g/mol. The van der Waals surface area contributed by atoms with Gasteiger partial charge in [0.15, 0.2) is 0 Å². The summed E-state index contributed by atoms with van der Waals surface area (Å²) in [5.41, 5.74) is 0.715. The highest BCUT2D eigenvalue weighted by Gasteiger charge is 2.38. The molecule has 2 aromatic carbocycles. The van der Waals surface area contributed by atoms with Crippen LogP contribution in [-0.2, 0) is 0 Å². The van der Waals surface area contributed by atoms with Crippen LogP contribution in [0.15, 0.2) is 60.7 Å². The maximum atomic E-state index is 2.38. The number of hydrogen-bond acceptors (Lipinski definition) is 0. The van der Waals surface area contributed by atoms with E-state index in [0.29, 0.717) is 5.54 Å². The summed E-state index contributed by atoms with van der Waals surface area (Å²) in [5, 5.41) is 3.13. The van der Waals surface area contributed by atoms with Gasteiger partial charge in [0.1, 0.15) is 8.07 Å². The van der Waals surface area contributed by atoms with Crippen LogP contribution in [0.2, 0.25) is 11.6 Å². The Labute approximate surface area is 112 Å². The highest BCUT2D eigenvalue weighted by atomic mass is 28.3. The largest absolute Gasteiger partial charge is 0.120 e. The Bertz CT molecular complexity index is 434. The summed E-state index contributed by atoms with van der Waals surface area (Å²) in [6.45, 7) is 7.12. The van der Waals surface area contributed by atoms with E-state index < -0.39 is 8.07 Å². The molecule has 0 aromatic heterocycles. The van der Waals surface area contributed by atoms with E-state index >= 15 is 0 Å². The number of hydrogen-bond donors (Lipinski definition) is 0. The van der Waals surface area contributed by atoms with Crippen LogP contribution in [0.5, 0.6) is 0 Å². The van der Waals surface area contributed by atoms with Gasteiger partial charge in [0.2, 0.25) is 0 Å². The van der Waals surface area contributed by atoms with Gasteiger partial charge >= 0.3 is 0 Å². The first kappa shape index (κ1) is 13.1. The molecule has 2 rings (SSSR count). The van der Waals surface area contributed by atoms with Crippen LogP contribution in [0.4, 0.5) is 0 Å². The van der Waals surface area contributed by atoms with Crippen molar-refractivity contribution in [2.24, 2.45) is 0 Å². The molecule has 0 radical (unpaired) electrons. The molecular formula is C17H22Si. The molecule has 2 aromatic rings. The van der Waals surface area contributed by atoms with E-state index in [1.165, 1.54) is 6.04 Å². The maximum absolute atomic E-state index is 2.38. The molecule has 0 amide bonds.